The standard InChI is InChI=1S/C15H21F2N/c1-14(2,17)11-6-7-13(16)12(10-11)15(18)8-4-3-5-9-15/h6-7,10H,3-5,8-9,18H2,1-2H3. The second-order valence-electron chi connectivity index (χ2n) is 5.88. The monoisotopic (exact) mass is 253 g/mol. The van der Waals surface area contributed by atoms with Gasteiger partial charge < -0.3 is 5.73 Å². The summed E-state index contributed by atoms with van der Waals surface area (Å²) in [6.45, 7) is 2.96. The summed E-state index contributed by atoms with van der Waals surface area (Å²) in [5.41, 5.74) is 5.22. The van der Waals surface area contributed by atoms with Crippen molar-refractivity contribution in [3.63, 3.8) is 0 Å². The minimum atomic E-state index is -1.46. The highest BCUT2D eigenvalue weighted by Crippen LogP contribution is 2.38. The van der Waals surface area contributed by atoms with Crippen LogP contribution in [0.25, 0.3) is 0 Å². The molecule has 1 nitrogen and oxygen atoms in total. The van der Waals surface area contributed by atoms with Crippen LogP contribution in [0.15, 0.2) is 18.2 Å². The van der Waals surface area contributed by atoms with Gasteiger partial charge in [0.25, 0.3) is 0 Å². The van der Waals surface area contributed by atoms with E-state index in [-0.39, 0.29) is 5.82 Å². The van der Waals surface area contributed by atoms with Gasteiger partial charge in [-0.3, -0.25) is 0 Å². The highest BCUT2D eigenvalue weighted by atomic mass is 19.1. The fourth-order valence-electron chi connectivity index (χ4n) is 2.73. The van der Waals surface area contributed by atoms with Gasteiger partial charge in [0, 0.05) is 11.1 Å². The van der Waals surface area contributed by atoms with Crippen LogP contribution in [0.4, 0.5) is 8.78 Å². The Morgan fingerprint density at radius 2 is 1.78 bits per heavy atom. The molecule has 0 atom stereocenters. The molecule has 0 spiro atoms. The van der Waals surface area contributed by atoms with Gasteiger partial charge in [0.15, 0.2) is 0 Å². The van der Waals surface area contributed by atoms with E-state index in [9.17, 15) is 8.78 Å². The number of hydrogen-bond acceptors (Lipinski definition) is 1. The van der Waals surface area contributed by atoms with Gasteiger partial charge in [0.1, 0.15) is 11.5 Å². The van der Waals surface area contributed by atoms with Crippen LogP contribution in [-0.2, 0) is 11.2 Å². The molecule has 0 aromatic heterocycles. The molecule has 1 aliphatic rings. The van der Waals surface area contributed by atoms with Crippen molar-refractivity contribution in [1.82, 2.24) is 0 Å². The van der Waals surface area contributed by atoms with Crippen LogP contribution in [0.3, 0.4) is 0 Å². The lowest BCUT2D eigenvalue weighted by Crippen LogP contribution is -2.39. The van der Waals surface area contributed by atoms with Crippen LogP contribution < -0.4 is 5.73 Å². The second kappa shape index (κ2) is 4.61. The maximum Gasteiger partial charge on any atom is 0.130 e. The predicted octanol–water partition coefficient (Wildman–Crippen LogP) is 4.15. The lowest BCUT2D eigenvalue weighted by molar-refractivity contribution is 0.220. The van der Waals surface area contributed by atoms with Gasteiger partial charge >= 0.3 is 0 Å². The molecule has 18 heavy (non-hydrogen) atoms. The molecule has 0 amide bonds. The predicted molar refractivity (Wildman–Crippen MR) is 69.5 cm³/mol. The summed E-state index contributed by atoms with van der Waals surface area (Å²) in [6.07, 6.45) is 4.73. The van der Waals surface area contributed by atoms with E-state index in [4.69, 9.17) is 5.73 Å². The van der Waals surface area contributed by atoms with Crippen molar-refractivity contribution in [3.8, 4) is 0 Å². The molecule has 3 heteroatoms. The van der Waals surface area contributed by atoms with Crippen molar-refractivity contribution in [1.29, 1.82) is 0 Å². The zero-order valence-corrected chi connectivity index (χ0v) is 11.1. The third-order valence-electron chi connectivity index (χ3n) is 3.94. The van der Waals surface area contributed by atoms with Crippen molar-refractivity contribution in [3.05, 3.63) is 35.1 Å². The molecule has 1 aromatic carbocycles. The van der Waals surface area contributed by atoms with E-state index in [1.807, 2.05) is 0 Å². The quantitative estimate of drug-likeness (QED) is 0.842. The average Bonchev–Trinajstić information content (AvgIpc) is 2.28. The van der Waals surface area contributed by atoms with E-state index in [2.05, 4.69) is 0 Å². The molecular weight excluding hydrogens is 232 g/mol. The molecule has 0 bridgehead atoms. The van der Waals surface area contributed by atoms with Gasteiger partial charge in [0.05, 0.1) is 0 Å². The lowest BCUT2D eigenvalue weighted by atomic mass is 9.76. The van der Waals surface area contributed by atoms with Gasteiger partial charge in [-0.25, -0.2) is 8.78 Å². The van der Waals surface area contributed by atoms with E-state index in [0.717, 1.165) is 32.1 Å². The molecule has 1 aliphatic carbocycles. The van der Waals surface area contributed by atoms with Crippen LogP contribution in [0.5, 0.6) is 0 Å². The Morgan fingerprint density at radius 3 is 2.33 bits per heavy atom. The Kier molecular flexibility index (Phi) is 3.45. The van der Waals surface area contributed by atoms with Gasteiger partial charge in [-0.15, -0.1) is 0 Å². The van der Waals surface area contributed by atoms with Crippen LogP contribution in [0.1, 0.15) is 57.1 Å². The first-order chi connectivity index (χ1) is 8.33. The Balaban J connectivity index is 2.43. The van der Waals surface area contributed by atoms with E-state index >= 15 is 0 Å². The van der Waals surface area contributed by atoms with Crippen molar-refractivity contribution in [2.45, 2.75) is 57.2 Å². The van der Waals surface area contributed by atoms with Gasteiger partial charge in [-0.05, 0) is 44.4 Å². The first-order valence-electron chi connectivity index (χ1n) is 6.61. The molecule has 2 N–H and O–H groups in total. The van der Waals surface area contributed by atoms with E-state index in [1.54, 1.807) is 6.07 Å². The fraction of sp³-hybridized carbons (Fsp3) is 0.600. The zero-order chi connectivity index (χ0) is 13.4. The first kappa shape index (κ1) is 13.5. The summed E-state index contributed by atoms with van der Waals surface area (Å²) in [5.74, 6) is -0.313. The smallest absolute Gasteiger partial charge is 0.130 e. The summed E-state index contributed by atoms with van der Waals surface area (Å²) in [5, 5.41) is 0. The third kappa shape index (κ3) is 2.56. The number of rotatable bonds is 2. The summed E-state index contributed by atoms with van der Waals surface area (Å²) >= 11 is 0. The van der Waals surface area contributed by atoms with Gasteiger partial charge in [-0.2, -0.15) is 0 Å². The summed E-state index contributed by atoms with van der Waals surface area (Å²) in [7, 11) is 0. The van der Waals surface area contributed by atoms with Crippen molar-refractivity contribution < 1.29 is 8.78 Å². The normalized spacial score (nSPS) is 19.8. The first-order valence-corrected chi connectivity index (χ1v) is 6.61. The maximum absolute atomic E-state index is 14.0. The maximum atomic E-state index is 14.0. The van der Waals surface area contributed by atoms with Gasteiger partial charge in [-0.1, -0.05) is 25.3 Å². The molecule has 0 saturated heterocycles. The number of halogens is 2. The summed E-state index contributed by atoms with van der Waals surface area (Å²) < 4.78 is 27.9. The Morgan fingerprint density at radius 1 is 1.17 bits per heavy atom. The molecule has 2 rings (SSSR count). The van der Waals surface area contributed by atoms with E-state index in [1.165, 1.54) is 26.0 Å². The van der Waals surface area contributed by atoms with Crippen LogP contribution >= 0.6 is 0 Å². The molecular formula is C15H21F2N. The number of nitrogens with two attached hydrogens (primary N) is 1. The van der Waals surface area contributed by atoms with Crippen molar-refractivity contribution in [2.75, 3.05) is 0 Å². The summed E-state index contributed by atoms with van der Waals surface area (Å²) in [4.78, 5) is 0. The van der Waals surface area contributed by atoms with Gasteiger partial charge in [0.2, 0.25) is 0 Å². The Labute approximate surface area is 107 Å². The molecule has 1 fully saturated rings. The SMILES string of the molecule is CC(C)(F)c1ccc(F)c(C2(N)CCCCC2)c1. The third-order valence-corrected chi connectivity index (χ3v) is 3.94. The minimum Gasteiger partial charge on any atom is -0.321 e. The van der Waals surface area contributed by atoms with Crippen molar-refractivity contribution in [2.24, 2.45) is 5.73 Å². The molecule has 0 aliphatic heterocycles. The van der Waals surface area contributed by atoms with E-state index < -0.39 is 11.2 Å². The lowest BCUT2D eigenvalue weighted by Gasteiger charge is -2.35. The molecule has 0 unspecified atom stereocenters. The molecule has 1 aromatic rings. The molecule has 0 radical (unpaired) electrons. The minimum absolute atomic E-state index is 0.313. The zero-order valence-electron chi connectivity index (χ0n) is 11.1. The topological polar surface area (TPSA) is 26.0 Å². The molecule has 0 heterocycles. The second-order valence-corrected chi connectivity index (χ2v) is 5.88. The average molecular weight is 253 g/mol. The van der Waals surface area contributed by atoms with E-state index in [0.29, 0.717) is 11.1 Å². The fourth-order valence-corrected chi connectivity index (χ4v) is 2.73. The van der Waals surface area contributed by atoms with Crippen LogP contribution in [0.2, 0.25) is 0 Å². The largest absolute Gasteiger partial charge is 0.321 e. The molecule has 1 saturated carbocycles. The number of hydrogen-bond donors (Lipinski definition) is 1. The van der Waals surface area contributed by atoms with Crippen LogP contribution in [-0.4, -0.2) is 0 Å². The number of alkyl halides is 1. The highest BCUT2D eigenvalue weighted by molar-refractivity contribution is 5.33. The highest BCUT2D eigenvalue weighted by Gasteiger charge is 2.33. The van der Waals surface area contributed by atoms with Crippen molar-refractivity contribution >= 4 is 0 Å². The Hall–Kier alpha value is -0.960. The summed E-state index contributed by atoms with van der Waals surface area (Å²) in [6, 6.07) is 4.46. The Bertz CT molecular complexity index is 429. The number of benzene rings is 1. The molecule has 100 valence electrons. The van der Waals surface area contributed by atoms with Crippen LogP contribution in [0, 0.1) is 5.82 Å².